The van der Waals surface area contributed by atoms with Crippen molar-refractivity contribution in [3.05, 3.63) is 60.7 Å². The first-order valence-electron chi connectivity index (χ1n) is 11.2. The first kappa shape index (κ1) is 23.8. The normalized spacial score (nSPS) is 10.5. The molecule has 33 heavy (non-hydrogen) atoms. The summed E-state index contributed by atoms with van der Waals surface area (Å²) in [7, 11) is 1.61. The van der Waals surface area contributed by atoms with Crippen LogP contribution in [0.25, 0.3) is 16.9 Å². The number of urea groups is 1. The molecule has 174 valence electrons. The molecule has 0 aliphatic heterocycles. The van der Waals surface area contributed by atoms with Crippen LogP contribution in [0.1, 0.15) is 26.7 Å². The van der Waals surface area contributed by atoms with Crippen LogP contribution in [0.2, 0.25) is 0 Å². The highest BCUT2D eigenvalue weighted by atomic mass is 16.5. The van der Waals surface area contributed by atoms with Gasteiger partial charge in [-0.15, -0.1) is 0 Å². The number of methoxy groups -OCH3 is 1. The van der Waals surface area contributed by atoms with E-state index < -0.39 is 0 Å². The van der Waals surface area contributed by atoms with Gasteiger partial charge >= 0.3 is 6.03 Å². The molecule has 1 heterocycles. The molecule has 3 aromatic rings. The minimum atomic E-state index is -0.295. The molecule has 8 heteroatoms. The molecule has 0 spiro atoms. The highest BCUT2D eigenvalue weighted by Crippen LogP contribution is 2.25. The maximum atomic E-state index is 12.9. The van der Waals surface area contributed by atoms with Crippen molar-refractivity contribution in [1.29, 1.82) is 0 Å². The molecule has 8 nitrogen and oxygen atoms in total. The minimum Gasteiger partial charge on any atom is -0.497 e. The lowest BCUT2D eigenvalue weighted by Gasteiger charge is -2.21. The van der Waals surface area contributed by atoms with Gasteiger partial charge in [-0.05, 0) is 37.6 Å². The van der Waals surface area contributed by atoms with Crippen molar-refractivity contribution >= 4 is 17.8 Å². The number of carbonyl (C=O) groups excluding carboxylic acids is 2. The third-order valence-corrected chi connectivity index (χ3v) is 5.17. The van der Waals surface area contributed by atoms with Gasteiger partial charge in [0, 0.05) is 24.7 Å². The number of hydrogen-bond donors (Lipinski definition) is 2. The lowest BCUT2D eigenvalue weighted by molar-refractivity contribution is -0.116. The van der Waals surface area contributed by atoms with Gasteiger partial charge in [-0.25, -0.2) is 9.48 Å². The van der Waals surface area contributed by atoms with E-state index in [-0.39, 0.29) is 18.5 Å². The lowest BCUT2D eigenvalue weighted by atomic mass is 10.1. The molecule has 0 fully saturated rings. The minimum absolute atomic E-state index is 0.0527. The van der Waals surface area contributed by atoms with Gasteiger partial charge in [0.25, 0.3) is 0 Å². The predicted octanol–water partition coefficient (Wildman–Crippen LogP) is 4.32. The van der Waals surface area contributed by atoms with Gasteiger partial charge in [-0.1, -0.05) is 43.7 Å². The average Bonchev–Trinajstić information content (AvgIpc) is 3.26. The summed E-state index contributed by atoms with van der Waals surface area (Å²) in [6, 6.07) is 18.8. The molecule has 0 saturated heterocycles. The number of ether oxygens (including phenoxy) is 1. The number of benzene rings is 2. The fourth-order valence-corrected chi connectivity index (χ4v) is 3.31. The molecular weight excluding hydrogens is 418 g/mol. The molecule has 0 aliphatic carbocycles. The Balaban J connectivity index is 1.82. The molecule has 0 unspecified atom stereocenters. The second kappa shape index (κ2) is 11.7. The Kier molecular flexibility index (Phi) is 8.46. The molecule has 0 aliphatic rings. The fraction of sp³-hybridized carbons (Fsp3) is 0.320. The summed E-state index contributed by atoms with van der Waals surface area (Å²) in [5.74, 6) is 0.954. The molecule has 0 bridgehead atoms. The first-order valence-corrected chi connectivity index (χ1v) is 11.2. The van der Waals surface area contributed by atoms with Crippen molar-refractivity contribution in [3.8, 4) is 22.7 Å². The summed E-state index contributed by atoms with van der Waals surface area (Å²) in [4.78, 5) is 26.7. The van der Waals surface area contributed by atoms with E-state index in [1.807, 2.05) is 67.6 Å². The van der Waals surface area contributed by atoms with Gasteiger partial charge < -0.3 is 20.3 Å². The highest BCUT2D eigenvalue weighted by Gasteiger charge is 2.18. The SMILES string of the molecule is CCCCNC(=O)N(CC)CC(=O)Nc1cc(-c2ccccc2)nn1-c1ccc(OC)cc1. The largest absolute Gasteiger partial charge is 0.497 e. The maximum Gasteiger partial charge on any atom is 0.317 e. The topological polar surface area (TPSA) is 88.5 Å². The van der Waals surface area contributed by atoms with Crippen LogP contribution in [0.5, 0.6) is 5.75 Å². The van der Waals surface area contributed by atoms with Crippen molar-refractivity contribution < 1.29 is 14.3 Å². The average molecular weight is 450 g/mol. The molecule has 2 aromatic carbocycles. The Morgan fingerprint density at radius 1 is 1.06 bits per heavy atom. The number of amides is 3. The van der Waals surface area contributed by atoms with Crippen LogP contribution in [-0.2, 0) is 4.79 Å². The molecule has 1 aromatic heterocycles. The van der Waals surface area contributed by atoms with Gasteiger partial charge in [0.1, 0.15) is 18.1 Å². The van der Waals surface area contributed by atoms with Gasteiger partial charge in [0.2, 0.25) is 5.91 Å². The quantitative estimate of drug-likeness (QED) is 0.451. The van der Waals surface area contributed by atoms with Crippen LogP contribution in [0.3, 0.4) is 0 Å². The zero-order chi connectivity index (χ0) is 23.6. The fourth-order valence-electron chi connectivity index (χ4n) is 3.31. The Morgan fingerprint density at radius 2 is 1.79 bits per heavy atom. The number of aromatic nitrogens is 2. The van der Waals surface area contributed by atoms with Crippen LogP contribution in [0.15, 0.2) is 60.7 Å². The van der Waals surface area contributed by atoms with E-state index in [4.69, 9.17) is 9.84 Å². The van der Waals surface area contributed by atoms with Crippen molar-refractivity contribution in [2.75, 3.05) is 32.1 Å². The summed E-state index contributed by atoms with van der Waals surface area (Å²) in [5, 5.41) is 10.5. The molecule has 2 N–H and O–H groups in total. The summed E-state index contributed by atoms with van der Waals surface area (Å²) in [5.41, 5.74) is 2.44. The second-order valence-electron chi connectivity index (χ2n) is 7.54. The van der Waals surface area contributed by atoms with Crippen LogP contribution in [-0.4, -0.2) is 53.4 Å². The van der Waals surface area contributed by atoms with Gasteiger partial charge in [-0.3, -0.25) is 4.79 Å². The lowest BCUT2D eigenvalue weighted by Crippen LogP contribution is -2.44. The molecular formula is C25H31N5O3. The molecule has 0 radical (unpaired) electrons. The number of likely N-dealkylation sites (N-methyl/N-ethyl adjacent to an activating group) is 1. The number of hydrogen-bond acceptors (Lipinski definition) is 4. The molecule has 0 saturated carbocycles. The highest BCUT2D eigenvalue weighted by molar-refractivity contribution is 5.94. The number of anilines is 1. The monoisotopic (exact) mass is 449 g/mol. The van der Waals surface area contributed by atoms with Crippen LogP contribution >= 0.6 is 0 Å². The van der Waals surface area contributed by atoms with Crippen molar-refractivity contribution in [3.63, 3.8) is 0 Å². The van der Waals surface area contributed by atoms with Crippen LogP contribution in [0, 0.1) is 0 Å². The summed E-state index contributed by atoms with van der Waals surface area (Å²) in [6.07, 6.45) is 1.89. The van der Waals surface area contributed by atoms with Crippen LogP contribution < -0.4 is 15.4 Å². The number of nitrogens with zero attached hydrogens (tertiary/aromatic N) is 3. The van der Waals surface area contributed by atoms with Gasteiger partial charge in [0.05, 0.1) is 18.5 Å². The molecule has 3 amide bonds. The number of unbranched alkanes of at least 4 members (excludes halogenated alkanes) is 1. The molecule has 3 rings (SSSR count). The Morgan fingerprint density at radius 3 is 2.42 bits per heavy atom. The number of nitrogens with one attached hydrogen (secondary N) is 2. The van der Waals surface area contributed by atoms with E-state index in [2.05, 4.69) is 17.6 Å². The first-order chi connectivity index (χ1) is 16.0. The third-order valence-electron chi connectivity index (χ3n) is 5.17. The Bertz CT molecular complexity index is 1050. The van der Waals surface area contributed by atoms with Gasteiger partial charge in [0.15, 0.2) is 0 Å². The van der Waals surface area contributed by atoms with E-state index in [0.717, 1.165) is 35.5 Å². The zero-order valence-electron chi connectivity index (χ0n) is 19.4. The van der Waals surface area contributed by atoms with E-state index in [9.17, 15) is 9.59 Å². The van der Waals surface area contributed by atoms with Crippen molar-refractivity contribution in [2.45, 2.75) is 26.7 Å². The smallest absolute Gasteiger partial charge is 0.317 e. The Hall–Kier alpha value is -3.81. The zero-order valence-corrected chi connectivity index (χ0v) is 19.4. The van der Waals surface area contributed by atoms with E-state index in [1.165, 1.54) is 4.90 Å². The van der Waals surface area contributed by atoms with Crippen molar-refractivity contribution in [1.82, 2.24) is 20.0 Å². The van der Waals surface area contributed by atoms with Gasteiger partial charge in [-0.2, -0.15) is 5.10 Å². The Labute approximate surface area is 194 Å². The van der Waals surface area contributed by atoms with E-state index in [1.54, 1.807) is 11.8 Å². The number of carbonyl (C=O) groups is 2. The van der Waals surface area contributed by atoms with E-state index >= 15 is 0 Å². The van der Waals surface area contributed by atoms with E-state index in [0.29, 0.717) is 18.9 Å². The maximum absolute atomic E-state index is 12.9. The standard InChI is InChI=1S/C25H31N5O3/c1-4-6-16-26-25(32)29(5-2)18-24(31)27-23-17-22(19-10-8-7-9-11-19)28-30(23)20-12-14-21(33-3)15-13-20/h7-15,17H,4-6,16,18H2,1-3H3,(H,26,32)(H,27,31). The predicted molar refractivity (Wildman–Crippen MR) is 130 cm³/mol. The second-order valence-corrected chi connectivity index (χ2v) is 7.54. The number of rotatable bonds is 10. The molecule has 0 atom stereocenters. The summed E-state index contributed by atoms with van der Waals surface area (Å²) in [6.45, 7) is 4.88. The summed E-state index contributed by atoms with van der Waals surface area (Å²) < 4.78 is 6.92. The van der Waals surface area contributed by atoms with Crippen LogP contribution in [0.4, 0.5) is 10.6 Å². The van der Waals surface area contributed by atoms with Crippen molar-refractivity contribution in [2.24, 2.45) is 0 Å². The summed E-state index contributed by atoms with van der Waals surface area (Å²) >= 11 is 0. The third kappa shape index (κ3) is 6.35.